The van der Waals surface area contributed by atoms with Gasteiger partial charge in [-0.2, -0.15) is 14.6 Å². The molecule has 1 atom stereocenters. The number of aromatic nitrogens is 5. The fourth-order valence-corrected chi connectivity index (χ4v) is 3.49. The number of rotatable bonds is 6. The Hall–Kier alpha value is -3.13. The third-order valence-corrected chi connectivity index (χ3v) is 5.35. The number of benzene rings is 1. The van der Waals surface area contributed by atoms with Crippen molar-refractivity contribution < 1.29 is 4.21 Å². The number of pyridine rings is 1. The minimum absolute atomic E-state index is 0.258. The molecule has 4 rings (SSSR count). The molecule has 0 amide bonds. The van der Waals surface area contributed by atoms with Crippen molar-refractivity contribution in [3.63, 3.8) is 0 Å². The first-order chi connectivity index (χ1) is 14.0. The average Bonchev–Trinajstić information content (AvgIpc) is 3.17. The molecule has 0 spiro atoms. The number of hydrogen-bond donors (Lipinski definition) is 1. The second-order valence-corrected chi connectivity index (χ2v) is 8.34. The zero-order valence-electron chi connectivity index (χ0n) is 16.5. The van der Waals surface area contributed by atoms with Gasteiger partial charge in [0, 0.05) is 30.8 Å². The third-order valence-electron chi connectivity index (χ3n) is 4.65. The number of fused-ring (bicyclic) bond motifs is 1. The van der Waals surface area contributed by atoms with Crippen molar-refractivity contribution in [2.24, 2.45) is 0 Å². The lowest BCUT2D eigenvalue weighted by Crippen LogP contribution is -2.11. The summed E-state index contributed by atoms with van der Waals surface area (Å²) in [6.07, 6.45) is 6.99. The van der Waals surface area contributed by atoms with E-state index in [1.807, 2.05) is 18.3 Å². The van der Waals surface area contributed by atoms with E-state index in [1.165, 1.54) is 0 Å². The predicted molar refractivity (Wildman–Crippen MR) is 114 cm³/mol. The molecule has 29 heavy (non-hydrogen) atoms. The maximum Gasteiger partial charge on any atom is 0.228 e. The molecule has 8 heteroatoms. The minimum atomic E-state index is -1.28. The van der Waals surface area contributed by atoms with Gasteiger partial charge in [-0.1, -0.05) is 44.2 Å². The highest BCUT2D eigenvalue weighted by molar-refractivity contribution is 7.84. The van der Waals surface area contributed by atoms with Gasteiger partial charge >= 0.3 is 0 Å². The lowest BCUT2D eigenvalue weighted by atomic mass is 10.1. The van der Waals surface area contributed by atoms with E-state index in [1.54, 1.807) is 23.2 Å². The van der Waals surface area contributed by atoms with E-state index < -0.39 is 10.8 Å². The summed E-state index contributed by atoms with van der Waals surface area (Å²) in [6.45, 7) is 4.73. The first kappa shape index (κ1) is 19.2. The van der Waals surface area contributed by atoms with Crippen molar-refractivity contribution in [3.05, 3.63) is 66.1 Å². The van der Waals surface area contributed by atoms with E-state index in [0.29, 0.717) is 23.3 Å². The normalized spacial score (nSPS) is 12.4. The smallest absolute Gasteiger partial charge is 0.228 e. The summed E-state index contributed by atoms with van der Waals surface area (Å²) in [5.41, 5.74) is 4.98. The van der Waals surface area contributed by atoms with E-state index in [4.69, 9.17) is 0 Å². The zero-order valence-corrected chi connectivity index (χ0v) is 17.3. The fraction of sp³-hybridized carbons (Fsp3) is 0.238. The summed E-state index contributed by atoms with van der Waals surface area (Å²) in [7, 11) is -1.28. The Kier molecular flexibility index (Phi) is 5.35. The Bertz CT molecular complexity index is 1160. The molecule has 1 N–H and O–H groups in total. The first-order valence-electron chi connectivity index (χ1n) is 9.35. The molecular formula is C21H22N6OS. The van der Waals surface area contributed by atoms with Crippen LogP contribution in [-0.2, 0) is 17.3 Å². The van der Waals surface area contributed by atoms with E-state index in [0.717, 1.165) is 22.3 Å². The quantitative estimate of drug-likeness (QED) is 0.526. The number of nitrogens with one attached hydrogen (secondary N) is 1. The molecule has 3 aromatic heterocycles. The maximum absolute atomic E-state index is 12.0. The molecule has 0 fully saturated rings. The molecule has 0 saturated heterocycles. The fourth-order valence-electron chi connectivity index (χ4n) is 3.06. The molecule has 3 heterocycles. The van der Waals surface area contributed by atoms with Crippen molar-refractivity contribution in [2.45, 2.75) is 31.5 Å². The Labute approximate surface area is 171 Å². The second-order valence-electron chi connectivity index (χ2n) is 7.07. The van der Waals surface area contributed by atoms with Gasteiger partial charge in [0.05, 0.1) is 17.0 Å². The van der Waals surface area contributed by atoms with E-state index >= 15 is 0 Å². The largest absolute Gasteiger partial charge is 0.350 e. The molecular weight excluding hydrogens is 384 g/mol. The number of anilines is 1. The van der Waals surface area contributed by atoms with Gasteiger partial charge in [0.25, 0.3) is 0 Å². The molecule has 1 unspecified atom stereocenters. The summed E-state index contributed by atoms with van der Waals surface area (Å²) in [5.74, 6) is 0.789. The highest BCUT2D eigenvalue weighted by Gasteiger charge is 2.16. The standard InChI is InChI=1S/C21H22N6OS/c1-14(2)18-13-24-27-19(18)25-21(29(3)28)26-20(27)23-11-15-6-8-16(9-7-15)17-5-4-10-22-12-17/h4-10,12-14H,11H2,1-3H3,(H,23,25,26). The number of hydrogen-bond acceptors (Lipinski definition) is 6. The van der Waals surface area contributed by atoms with Gasteiger partial charge in [-0.15, -0.1) is 0 Å². The Morgan fingerprint density at radius 2 is 1.86 bits per heavy atom. The molecule has 1 aromatic carbocycles. The summed E-state index contributed by atoms with van der Waals surface area (Å²) in [4.78, 5) is 13.0. The van der Waals surface area contributed by atoms with Crippen LogP contribution in [-0.4, -0.2) is 35.0 Å². The average molecular weight is 407 g/mol. The summed E-state index contributed by atoms with van der Waals surface area (Å²) >= 11 is 0. The van der Waals surface area contributed by atoms with Crippen LogP contribution in [0.2, 0.25) is 0 Å². The molecule has 0 radical (unpaired) electrons. The lowest BCUT2D eigenvalue weighted by Gasteiger charge is -2.10. The Balaban J connectivity index is 1.60. The van der Waals surface area contributed by atoms with Gasteiger partial charge in [-0.25, -0.2) is 4.98 Å². The van der Waals surface area contributed by atoms with E-state index in [9.17, 15) is 4.21 Å². The highest BCUT2D eigenvalue weighted by atomic mass is 32.2. The van der Waals surface area contributed by atoms with Crippen LogP contribution in [0.4, 0.5) is 5.95 Å². The third kappa shape index (κ3) is 4.02. The molecule has 4 aromatic rings. The second kappa shape index (κ2) is 8.08. The monoisotopic (exact) mass is 406 g/mol. The van der Waals surface area contributed by atoms with Gasteiger partial charge in [0.2, 0.25) is 11.1 Å². The summed E-state index contributed by atoms with van der Waals surface area (Å²) < 4.78 is 13.7. The predicted octanol–water partition coefficient (Wildman–Crippen LogP) is 3.66. The van der Waals surface area contributed by atoms with Gasteiger partial charge < -0.3 is 5.32 Å². The molecule has 0 aliphatic rings. The molecule has 148 valence electrons. The van der Waals surface area contributed by atoms with Crippen LogP contribution >= 0.6 is 0 Å². The van der Waals surface area contributed by atoms with Crippen LogP contribution < -0.4 is 5.32 Å². The maximum atomic E-state index is 12.0. The number of nitrogens with zero attached hydrogens (tertiary/aromatic N) is 5. The van der Waals surface area contributed by atoms with Crippen LogP contribution in [0.25, 0.3) is 16.8 Å². The lowest BCUT2D eigenvalue weighted by molar-refractivity contribution is 0.677. The topological polar surface area (TPSA) is 85.1 Å². The van der Waals surface area contributed by atoms with Crippen LogP contribution in [0.15, 0.2) is 60.1 Å². The molecule has 7 nitrogen and oxygen atoms in total. The van der Waals surface area contributed by atoms with E-state index in [-0.39, 0.29) is 5.92 Å². The van der Waals surface area contributed by atoms with Crippen molar-refractivity contribution in [2.75, 3.05) is 11.6 Å². The van der Waals surface area contributed by atoms with E-state index in [2.05, 4.69) is 63.5 Å². The van der Waals surface area contributed by atoms with Crippen LogP contribution in [0.3, 0.4) is 0 Å². The van der Waals surface area contributed by atoms with Gasteiger partial charge in [0.1, 0.15) is 0 Å². The van der Waals surface area contributed by atoms with Crippen molar-refractivity contribution in [3.8, 4) is 11.1 Å². The molecule has 0 bridgehead atoms. The van der Waals surface area contributed by atoms with Crippen molar-refractivity contribution in [1.29, 1.82) is 0 Å². The highest BCUT2D eigenvalue weighted by Crippen LogP contribution is 2.22. The van der Waals surface area contributed by atoms with Crippen LogP contribution in [0.1, 0.15) is 30.9 Å². The van der Waals surface area contributed by atoms with Crippen LogP contribution in [0.5, 0.6) is 0 Å². The molecule has 0 aliphatic carbocycles. The van der Waals surface area contributed by atoms with Crippen molar-refractivity contribution >= 4 is 22.4 Å². The van der Waals surface area contributed by atoms with Gasteiger partial charge in [-0.3, -0.25) is 9.19 Å². The SMILES string of the molecule is CC(C)c1cnn2c(NCc3ccc(-c4cccnc4)cc3)nc(S(C)=O)nc12. The zero-order chi connectivity index (χ0) is 20.4. The first-order valence-corrected chi connectivity index (χ1v) is 10.9. The Morgan fingerprint density at radius 1 is 1.07 bits per heavy atom. The molecule has 0 aliphatic heterocycles. The molecule has 0 saturated carbocycles. The van der Waals surface area contributed by atoms with Gasteiger partial charge in [-0.05, 0) is 28.7 Å². The Morgan fingerprint density at radius 3 is 2.52 bits per heavy atom. The minimum Gasteiger partial charge on any atom is -0.350 e. The van der Waals surface area contributed by atoms with Crippen LogP contribution in [0, 0.1) is 0 Å². The summed E-state index contributed by atoms with van der Waals surface area (Å²) in [6, 6.07) is 12.2. The van der Waals surface area contributed by atoms with Crippen molar-refractivity contribution in [1.82, 2.24) is 24.6 Å². The summed E-state index contributed by atoms with van der Waals surface area (Å²) in [5, 5.41) is 8.04. The van der Waals surface area contributed by atoms with Gasteiger partial charge in [0.15, 0.2) is 5.65 Å².